The fourth-order valence-electron chi connectivity index (χ4n) is 4.32. The summed E-state index contributed by atoms with van der Waals surface area (Å²) < 4.78 is 19.1. The molecule has 1 amide bonds. The topological polar surface area (TPSA) is 45.7 Å². The minimum Gasteiger partial charge on any atom is -0.489 e. The van der Waals surface area contributed by atoms with Crippen LogP contribution in [0.3, 0.4) is 0 Å². The van der Waals surface area contributed by atoms with Crippen LogP contribution in [-0.2, 0) is 13.2 Å². The molecule has 1 aliphatic rings. The number of hydrogen-bond acceptors (Lipinski definition) is 4. The van der Waals surface area contributed by atoms with E-state index in [0.717, 1.165) is 47.8 Å². The van der Waals surface area contributed by atoms with Crippen LogP contribution in [0.25, 0.3) is 11.3 Å². The highest BCUT2D eigenvalue weighted by Gasteiger charge is 2.22. The number of hydrogen-bond donors (Lipinski definition) is 0. The SMILES string of the molecule is O=C(c1ccc(-c2cccc(OCc3ccccc3)c2)nc1)N1CCN(Cc2ccc(F)cc2)CC1. The Bertz CT molecular complexity index is 1290. The molecule has 0 N–H and O–H groups in total. The monoisotopic (exact) mass is 481 g/mol. The number of piperazine rings is 1. The highest BCUT2D eigenvalue weighted by atomic mass is 19.1. The van der Waals surface area contributed by atoms with Crippen molar-refractivity contribution in [1.29, 1.82) is 0 Å². The second-order valence-electron chi connectivity index (χ2n) is 8.93. The molecule has 5 rings (SSSR count). The third-order valence-electron chi connectivity index (χ3n) is 6.37. The van der Waals surface area contributed by atoms with E-state index < -0.39 is 0 Å². The number of carbonyl (C=O) groups is 1. The summed E-state index contributed by atoms with van der Waals surface area (Å²) in [5.41, 5.74) is 4.50. The van der Waals surface area contributed by atoms with Crippen LogP contribution in [0.5, 0.6) is 5.75 Å². The Hall–Kier alpha value is -4.03. The summed E-state index contributed by atoms with van der Waals surface area (Å²) in [5, 5.41) is 0. The number of rotatable bonds is 7. The van der Waals surface area contributed by atoms with Crippen molar-refractivity contribution < 1.29 is 13.9 Å². The maximum Gasteiger partial charge on any atom is 0.255 e. The smallest absolute Gasteiger partial charge is 0.255 e. The van der Waals surface area contributed by atoms with Gasteiger partial charge in [-0.1, -0.05) is 54.6 Å². The Labute approximate surface area is 210 Å². The van der Waals surface area contributed by atoms with Gasteiger partial charge in [-0.3, -0.25) is 14.7 Å². The predicted octanol–water partition coefficient (Wildman–Crippen LogP) is 5.42. The number of carbonyl (C=O) groups excluding carboxylic acids is 1. The molecule has 1 aliphatic heterocycles. The molecular formula is C30H28FN3O2. The molecule has 1 saturated heterocycles. The molecule has 6 heteroatoms. The lowest BCUT2D eigenvalue weighted by Crippen LogP contribution is -2.48. The minimum absolute atomic E-state index is 0.00423. The molecule has 4 aromatic rings. The van der Waals surface area contributed by atoms with Crippen molar-refractivity contribution in [2.24, 2.45) is 0 Å². The second-order valence-corrected chi connectivity index (χ2v) is 8.93. The molecule has 0 spiro atoms. The van der Waals surface area contributed by atoms with Crippen LogP contribution in [0, 0.1) is 5.82 Å². The summed E-state index contributed by atoms with van der Waals surface area (Å²) >= 11 is 0. The first-order chi connectivity index (χ1) is 17.6. The van der Waals surface area contributed by atoms with Gasteiger partial charge in [0.1, 0.15) is 18.2 Å². The van der Waals surface area contributed by atoms with Gasteiger partial charge in [0.25, 0.3) is 5.91 Å². The van der Waals surface area contributed by atoms with Gasteiger partial charge in [0, 0.05) is 44.5 Å². The van der Waals surface area contributed by atoms with Crippen molar-refractivity contribution in [3.63, 3.8) is 0 Å². The van der Waals surface area contributed by atoms with Crippen molar-refractivity contribution in [1.82, 2.24) is 14.8 Å². The quantitative estimate of drug-likeness (QED) is 0.353. The molecular weight excluding hydrogens is 453 g/mol. The number of ether oxygens (including phenoxy) is 1. The predicted molar refractivity (Wildman–Crippen MR) is 138 cm³/mol. The van der Waals surface area contributed by atoms with Gasteiger partial charge in [0.2, 0.25) is 0 Å². The van der Waals surface area contributed by atoms with Gasteiger partial charge in [-0.05, 0) is 47.5 Å². The fraction of sp³-hybridized carbons (Fsp3) is 0.200. The van der Waals surface area contributed by atoms with Crippen LogP contribution >= 0.6 is 0 Å². The molecule has 0 unspecified atom stereocenters. The van der Waals surface area contributed by atoms with E-state index in [2.05, 4.69) is 9.88 Å². The lowest BCUT2D eigenvalue weighted by molar-refractivity contribution is 0.0628. The van der Waals surface area contributed by atoms with Crippen LogP contribution in [0.1, 0.15) is 21.5 Å². The van der Waals surface area contributed by atoms with Crippen molar-refractivity contribution >= 4 is 5.91 Å². The van der Waals surface area contributed by atoms with Crippen LogP contribution in [0.4, 0.5) is 4.39 Å². The van der Waals surface area contributed by atoms with Gasteiger partial charge in [-0.15, -0.1) is 0 Å². The van der Waals surface area contributed by atoms with Crippen molar-refractivity contribution in [2.45, 2.75) is 13.2 Å². The minimum atomic E-state index is -0.224. The van der Waals surface area contributed by atoms with Crippen LogP contribution in [0.2, 0.25) is 0 Å². The van der Waals surface area contributed by atoms with Gasteiger partial charge in [0.15, 0.2) is 0 Å². The summed E-state index contributed by atoms with van der Waals surface area (Å²) in [6, 6.07) is 28.2. The van der Waals surface area contributed by atoms with Gasteiger partial charge in [-0.2, -0.15) is 0 Å². The van der Waals surface area contributed by atoms with E-state index in [4.69, 9.17) is 4.74 Å². The van der Waals surface area contributed by atoms with Crippen LogP contribution < -0.4 is 4.74 Å². The van der Waals surface area contributed by atoms with Crippen LogP contribution in [-0.4, -0.2) is 46.9 Å². The number of benzene rings is 3. The Morgan fingerprint density at radius 3 is 2.33 bits per heavy atom. The zero-order valence-electron chi connectivity index (χ0n) is 20.0. The number of pyridine rings is 1. The standard InChI is InChI=1S/C30H28FN3O2/c31-27-12-9-23(10-13-27)21-33-15-17-34(18-16-33)30(35)26-11-14-29(32-20-26)25-7-4-8-28(19-25)36-22-24-5-2-1-3-6-24/h1-14,19-20H,15-18,21-22H2. The number of nitrogens with zero attached hydrogens (tertiary/aromatic N) is 3. The molecule has 36 heavy (non-hydrogen) atoms. The van der Waals surface area contributed by atoms with Gasteiger partial charge in [0.05, 0.1) is 11.3 Å². The summed E-state index contributed by atoms with van der Waals surface area (Å²) in [4.78, 5) is 21.7. The largest absolute Gasteiger partial charge is 0.489 e. The van der Waals surface area contributed by atoms with Crippen molar-refractivity contribution in [3.05, 3.63) is 120 Å². The molecule has 182 valence electrons. The highest BCUT2D eigenvalue weighted by molar-refractivity contribution is 5.94. The third-order valence-corrected chi connectivity index (χ3v) is 6.37. The molecule has 0 atom stereocenters. The Morgan fingerprint density at radius 1 is 0.833 bits per heavy atom. The summed E-state index contributed by atoms with van der Waals surface area (Å²) in [6.45, 7) is 4.13. The number of aromatic nitrogens is 1. The highest BCUT2D eigenvalue weighted by Crippen LogP contribution is 2.23. The fourth-order valence-corrected chi connectivity index (χ4v) is 4.32. The van der Waals surface area contributed by atoms with Gasteiger partial charge >= 0.3 is 0 Å². The average Bonchev–Trinajstić information content (AvgIpc) is 2.94. The molecule has 0 bridgehead atoms. The Kier molecular flexibility index (Phi) is 7.33. The molecule has 0 saturated carbocycles. The van der Waals surface area contributed by atoms with Crippen molar-refractivity contribution in [3.8, 4) is 17.0 Å². The normalized spacial score (nSPS) is 14.0. The van der Waals surface area contributed by atoms with E-state index in [1.165, 1.54) is 12.1 Å². The Morgan fingerprint density at radius 2 is 1.61 bits per heavy atom. The number of halogens is 1. The zero-order valence-corrected chi connectivity index (χ0v) is 20.0. The molecule has 1 fully saturated rings. The first kappa shape index (κ1) is 23.7. The first-order valence-corrected chi connectivity index (χ1v) is 12.1. The van der Waals surface area contributed by atoms with E-state index in [1.807, 2.05) is 83.8 Å². The van der Waals surface area contributed by atoms with Crippen molar-refractivity contribution in [2.75, 3.05) is 26.2 Å². The number of amides is 1. The second kappa shape index (κ2) is 11.1. The van der Waals surface area contributed by atoms with E-state index in [-0.39, 0.29) is 11.7 Å². The van der Waals surface area contributed by atoms with Crippen LogP contribution in [0.15, 0.2) is 97.2 Å². The molecule has 0 aliphatic carbocycles. The lowest BCUT2D eigenvalue weighted by Gasteiger charge is -2.34. The average molecular weight is 482 g/mol. The molecule has 2 heterocycles. The summed E-state index contributed by atoms with van der Waals surface area (Å²) in [5.74, 6) is 0.546. The maximum atomic E-state index is 13.1. The summed E-state index contributed by atoms with van der Waals surface area (Å²) in [6.07, 6.45) is 1.65. The molecule has 3 aromatic carbocycles. The third kappa shape index (κ3) is 5.96. The van der Waals surface area contributed by atoms with E-state index in [9.17, 15) is 9.18 Å². The lowest BCUT2D eigenvalue weighted by atomic mass is 10.1. The van der Waals surface area contributed by atoms with E-state index >= 15 is 0 Å². The van der Waals surface area contributed by atoms with E-state index in [1.54, 1.807) is 6.20 Å². The maximum absolute atomic E-state index is 13.1. The zero-order chi connectivity index (χ0) is 24.7. The van der Waals surface area contributed by atoms with Gasteiger partial charge in [-0.25, -0.2) is 4.39 Å². The summed E-state index contributed by atoms with van der Waals surface area (Å²) in [7, 11) is 0. The van der Waals surface area contributed by atoms with Gasteiger partial charge < -0.3 is 9.64 Å². The molecule has 0 radical (unpaired) electrons. The molecule has 1 aromatic heterocycles. The first-order valence-electron chi connectivity index (χ1n) is 12.1. The Balaban J connectivity index is 1.16. The van der Waals surface area contributed by atoms with E-state index in [0.29, 0.717) is 25.3 Å². The molecule has 5 nitrogen and oxygen atoms in total.